The van der Waals surface area contributed by atoms with E-state index in [2.05, 4.69) is 30.2 Å². The summed E-state index contributed by atoms with van der Waals surface area (Å²) in [7, 11) is 0. The van der Waals surface area contributed by atoms with Crippen LogP contribution in [-0.4, -0.2) is 11.5 Å². The van der Waals surface area contributed by atoms with E-state index in [0.29, 0.717) is 12.0 Å². The lowest BCUT2D eigenvalue weighted by Crippen LogP contribution is -2.32. The zero-order chi connectivity index (χ0) is 8.55. The molecule has 0 aliphatic carbocycles. The smallest absolute Gasteiger partial charge is 0.0361 e. The third-order valence-electron chi connectivity index (χ3n) is 2.61. The molecule has 1 atom stereocenters. The third kappa shape index (κ3) is 1.16. The Hall–Kier alpha value is -0.760. The Balaban J connectivity index is 2.31. The highest BCUT2D eigenvalue weighted by molar-refractivity contribution is 5.27. The summed E-state index contributed by atoms with van der Waals surface area (Å²) in [5.41, 5.74) is 2.89. The fraction of sp³-hybridized carbons (Fsp3) is 0.600. The molecule has 0 saturated carbocycles. The van der Waals surface area contributed by atoms with Crippen LogP contribution < -0.4 is 5.32 Å². The van der Waals surface area contributed by atoms with Gasteiger partial charge in [0.05, 0.1) is 0 Å². The van der Waals surface area contributed by atoms with Crippen LogP contribution in [0.2, 0.25) is 0 Å². The fourth-order valence-corrected chi connectivity index (χ4v) is 1.98. The monoisotopic (exact) mass is 164 g/mol. The first-order valence-corrected chi connectivity index (χ1v) is 4.68. The number of aromatic nitrogens is 1. The summed E-state index contributed by atoms with van der Waals surface area (Å²) in [6.07, 6.45) is 3.19. The maximum atomic E-state index is 3.54. The molecule has 2 rings (SSSR count). The minimum absolute atomic E-state index is 0.556. The van der Waals surface area contributed by atoms with Gasteiger partial charge in [-0.25, -0.2) is 0 Å². The van der Waals surface area contributed by atoms with Gasteiger partial charge in [-0.2, -0.15) is 0 Å². The summed E-state index contributed by atoms with van der Waals surface area (Å²) >= 11 is 0. The molecule has 2 N–H and O–H groups in total. The van der Waals surface area contributed by atoms with Crippen molar-refractivity contribution in [1.29, 1.82) is 0 Å². The average molecular weight is 164 g/mol. The standard InChI is InChI=1S/C10H16N2/c1-7(2)10-8-3-5-11-9(8)4-6-12-10/h3,5,7,10-12H,4,6H2,1-2H3/t10-/m1/s1. The van der Waals surface area contributed by atoms with Gasteiger partial charge in [0.25, 0.3) is 0 Å². The number of rotatable bonds is 1. The summed E-state index contributed by atoms with van der Waals surface area (Å²) in [5.74, 6) is 0.680. The molecular formula is C10H16N2. The van der Waals surface area contributed by atoms with Crippen LogP contribution in [-0.2, 0) is 6.42 Å². The molecule has 1 aromatic heterocycles. The fourth-order valence-electron chi connectivity index (χ4n) is 1.98. The highest BCUT2D eigenvalue weighted by atomic mass is 14.9. The minimum atomic E-state index is 0.556. The van der Waals surface area contributed by atoms with Crippen molar-refractivity contribution in [2.24, 2.45) is 5.92 Å². The third-order valence-corrected chi connectivity index (χ3v) is 2.61. The summed E-state index contributed by atoms with van der Waals surface area (Å²) in [5, 5.41) is 3.54. The predicted molar refractivity (Wildman–Crippen MR) is 50.1 cm³/mol. The topological polar surface area (TPSA) is 27.8 Å². The second-order valence-electron chi connectivity index (χ2n) is 3.84. The summed E-state index contributed by atoms with van der Waals surface area (Å²) in [4.78, 5) is 3.30. The maximum Gasteiger partial charge on any atom is 0.0361 e. The molecule has 2 heteroatoms. The second-order valence-corrected chi connectivity index (χ2v) is 3.84. The molecule has 0 unspecified atom stereocenters. The molecule has 0 radical (unpaired) electrons. The van der Waals surface area contributed by atoms with Crippen molar-refractivity contribution in [1.82, 2.24) is 10.3 Å². The van der Waals surface area contributed by atoms with Crippen LogP contribution in [0.1, 0.15) is 31.1 Å². The van der Waals surface area contributed by atoms with Crippen molar-refractivity contribution in [3.05, 3.63) is 23.5 Å². The predicted octanol–water partition coefficient (Wildman–Crippen LogP) is 1.86. The van der Waals surface area contributed by atoms with Gasteiger partial charge < -0.3 is 10.3 Å². The number of H-pyrrole nitrogens is 1. The summed E-state index contributed by atoms with van der Waals surface area (Å²) in [6, 6.07) is 2.76. The Bertz CT molecular complexity index is 263. The van der Waals surface area contributed by atoms with Crippen LogP contribution in [0.25, 0.3) is 0 Å². The zero-order valence-corrected chi connectivity index (χ0v) is 7.72. The molecule has 66 valence electrons. The van der Waals surface area contributed by atoms with Gasteiger partial charge in [0.1, 0.15) is 0 Å². The van der Waals surface area contributed by atoms with E-state index in [4.69, 9.17) is 0 Å². The van der Waals surface area contributed by atoms with E-state index in [1.807, 2.05) is 6.20 Å². The van der Waals surface area contributed by atoms with Gasteiger partial charge in [-0.05, 0) is 17.5 Å². The van der Waals surface area contributed by atoms with E-state index in [1.54, 1.807) is 0 Å². The lowest BCUT2D eigenvalue weighted by molar-refractivity contribution is 0.394. The minimum Gasteiger partial charge on any atom is -0.365 e. The number of nitrogens with one attached hydrogen (secondary N) is 2. The van der Waals surface area contributed by atoms with Crippen LogP contribution in [0, 0.1) is 5.92 Å². The zero-order valence-electron chi connectivity index (χ0n) is 7.72. The molecule has 2 nitrogen and oxygen atoms in total. The lowest BCUT2D eigenvalue weighted by Gasteiger charge is -2.27. The lowest BCUT2D eigenvalue weighted by atomic mass is 9.92. The van der Waals surface area contributed by atoms with Gasteiger partial charge in [0.15, 0.2) is 0 Å². The number of hydrogen-bond acceptors (Lipinski definition) is 1. The number of hydrogen-bond donors (Lipinski definition) is 2. The Morgan fingerprint density at radius 3 is 3.08 bits per heavy atom. The molecule has 1 aromatic rings. The van der Waals surface area contributed by atoms with Crippen LogP contribution >= 0.6 is 0 Å². The number of aromatic amines is 1. The van der Waals surface area contributed by atoms with E-state index in [9.17, 15) is 0 Å². The van der Waals surface area contributed by atoms with Crippen molar-refractivity contribution in [2.45, 2.75) is 26.3 Å². The Morgan fingerprint density at radius 2 is 2.33 bits per heavy atom. The van der Waals surface area contributed by atoms with Crippen molar-refractivity contribution < 1.29 is 0 Å². The summed E-state index contributed by atoms with van der Waals surface area (Å²) < 4.78 is 0. The molecule has 12 heavy (non-hydrogen) atoms. The maximum absolute atomic E-state index is 3.54. The van der Waals surface area contributed by atoms with Crippen molar-refractivity contribution >= 4 is 0 Å². The molecule has 0 spiro atoms. The summed E-state index contributed by atoms with van der Waals surface area (Å²) in [6.45, 7) is 5.63. The average Bonchev–Trinajstić information content (AvgIpc) is 2.49. The molecule has 1 aliphatic heterocycles. The van der Waals surface area contributed by atoms with Crippen LogP contribution in [0.5, 0.6) is 0 Å². The van der Waals surface area contributed by atoms with Crippen LogP contribution in [0.15, 0.2) is 12.3 Å². The van der Waals surface area contributed by atoms with Crippen molar-refractivity contribution in [2.75, 3.05) is 6.54 Å². The SMILES string of the molecule is CC(C)[C@H]1NCCc2[nH]ccc21. The van der Waals surface area contributed by atoms with E-state index >= 15 is 0 Å². The van der Waals surface area contributed by atoms with Gasteiger partial charge in [0.2, 0.25) is 0 Å². The quantitative estimate of drug-likeness (QED) is 0.651. The molecular weight excluding hydrogens is 148 g/mol. The molecule has 2 heterocycles. The van der Waals surface area contributed by atoms with E-state index in [1.165, 1.54) is 11.3 Å². The van der Waals surface area contributed by atoms with Crippen molar-refractivity contribution in [3.63, 3.8) is 0 Å². The Morgan fingerprint density at radius 1 is 1.50 bits per heavy atom. The second kappa shape index (κ2) is 2.94. The van der Waals surface area contributed by atoms with Gasteiger partial charge >= 0.3 is 0 Å². The van der Waals surface area contributed by atoms with Gasteiger partial charge in [-0.3, -0.25) is 0 Å². The van der Waals surface area contributed by atoms with Crippen LogP contribution in [0.3, 0.4) is 0 Å². The van der Waals surface area contributed by atoms with E-state index in [0.717, 1.165) is 13.0 Å². The molecule has 0 saturated heterocycles. The first-order valence-electron chi connectivity index (χ1n) is 4.68. The largest absolute Gasteiger partial charge is 0.365 e. The highest BCUT2D eigenvalue weighted by Crippen LogP contribution is 2.27. The first-order chi connectivity index (χ1) is 5.79. The highest BCUT2D eigenvalue weighted by Gasteiger charge is 2.22. The molecule has 0 bridgehead atoms. The molecule has 0 amide bonds. The first kappa shape index (κ1) is 7.87. The van der Waals surface area contributed by atoms with E-state index in [-0.39, 0.29) is 0 Å². The Labute approximate surface area is 73.4 Å². The molecule has 0 aromatic carbocycles. The normalized spacial score (nSPS) is 22.8. The van der Waals surface area contributed by atoms with Gasteiger partial charge in [-0.1, -0.05) is 13.8 Å². The van der Waals surface area contributed by atoms with Crippen LogP contribution in [0.4, 0.5) is 0 Å². The van der Waals surface area contributed by atoms with Crippen molar-refractivity contribution in [3.8, 4) is 0 Å². The molecule has 1 aliphatic rings. The number of fused-ring (bicyclic) bond motifs is 1. The van der Waals surface area contributed by atoms with E-state index < -0.39 is 0 Å². The van der Waals surface area contributed by atoms with Gasteiger partial charge in [0, 0.05) is 30.9 Å². The Kier molecular flexibility index (Phi) is 1.93. The van der Waals surface area contributed by atoms with Gasteiger partial charge in [-0.15, -0.1) is 0 Å². The molecule has 0 fully saturated rings.